The summed E-state index contributed by atoms with van der Waals surface area (Å²) >= 11 is 0. The summed E-state index contributed by atoms with van der Waals surface area (Å²) in [5.41, 5.74) is -0.00701. The molecule has 0 aliphatic heterocycles. The summed E-state index contributed by atoms with van der Waals surface area (Å²) < 4.78 is 6.09. The molecular weight excluding hydrogens is 210 g/mol. The molecule has 0 bridgehead atoms. The van der Waals surface area contributed by atoms with Gasteiger partial charge in [-0.15, -0.1) is 6.58 Å². The van der Waals surface area contributed by atoms with Crippen molar-refractivity contribution in [3.63, 3.8) is 0 Å². The van der Waals surface area contributed by atoms with E-state index in [-0.39, 0.29) is 5.60 Å². The van der Waals surface area contributed by atoms with Crippen LogP contribution in [0.3, 0.4) is 0 Å². The number of hydrogen-bond acceptors (Lipinski definition) is 2. The largest absolute Gasteiger partial charge is 0.374 e. The Hall–Kier alpha value is -0.340. The second-order valence-corrected chi connectivity index (χ2v) is 4.58. The molecule has 0 heterocycles. The van der Waals surface area contributed by atoms with Gasteiger partial charge in [-0.1, -0.05) is 26.8 Å². The SMILES string of the molecule is C=CCCC(NCCC)C(CC)(CC)OCC. The van der Waals surface area contributed by atoms with Crippen LogP contribution in [0.1, 0.15) is 59.8 Å². The quantitative estimate of drug-likeness (QED) is 0.554. The van der Waals surface area contributed by atoms with Crippen molar-refractivity contribution < 1.29 is 4.74 Å². The molecule has 2 nitrogen and oxygen atoms in total. The van der Waals surface area contributed by atoms with Crippen LogP contribution in [0, 0.1) is 0 Å². The predicted molar refractivity (Wildman–Crippen MR) is 76.5 cm³/mol. The van der Waals surface area contributed by atoms with E-state index in [1.165, 1.54) is 6.42 Å². The minimum Gasteiger partial charge on any atom is -0.374 e. The van der Waals surface area contributed by atoms with E-state index in [2.05, 4.69) is 39.6 Å². The van der Waals surface area contributed by atoms with Crippen molar-refractivity contribution in [2.24, 2.45) is 0 Å². The highest BCUT2D eigenvalue weighted by Crippen LogP contribution is 2.28. The van der Waals surface area contributed by atoms with E-state index in [1.807, 2.05) is 6.08 Å². The summed E-state index contributed by atoms with van der Waals surface area (Å²) in [4.78, 5) is 0. The van der Waals surface area contributed by atoms with Gasteiger partial charge in [0.25, 0.3) is 0 Å². The molecule has 0 aliphatic rings. The average Bonchev–Trinajstić information content (AvgIpc) is 2.37. The summed E-state index contributed by atoms with van der Waals surface area (Å²) in [6.07, 6.45) is 7.47. The second kappa shape index (κ2) is 9.67. The predicted octanol–water partition coefficient (Wildman–Crippen LogP) is 3.92. The van der Waals surface area contributed by atoms with E-state index in [4.69, 9.17) is 4.74 Å². The molecule has 0 saturated carbocycles. The Labute approximate surface area is 108 Å². The molecule has 0 saturated heterocycles. The molecule has 1 atom stereocenters. The fourth-order valence-electron chi connectivity index (χ4n) is 2.49. The Morgan fingerprint density at radius 3 is 2.29 bits per heavy atom. The highest BCUT2D eigenvalue weighted by Gasteiger charge is 2.35. The molecule has 102 valence electrons. The van der Waals surface area contributed by atoms with Gasteiger partial charge in [-0.25, -0.2) is 0 Å². The number of nitrogens with one attached hydrogen (secondary N) is 1. The Morgan fingerprint density at radius 2 is 1.88 bits per heavy atom. The summed E-state index contributed by atoms with van der Waals surface area (Å²) in [5, 5.41) is 3.66. The minimum atomic E-state index is -0.00701. The normalized spacial score (nSPS) is 13.6. The van der Waals surface area contributed by atoms with Gasteiger partial charge in [-0.3, -0.25) is 0 Å². The van der Waals surface area contributed by atoms with E-state index < -0.39 is 0 Å². The number of ether oxygens (including phenoxy) is 1. The molecule has 0 rings (SSSR count). The van der Waals surface area contributed by atoms with Gasteiger partial charge in [-0.2, -0.15) is 0 Å². The van der Waals surface area contributed by atoms with Crippen molar-refractivity contribution in [3.05, 3.63) is 12.7 Å². The van der Waals surface area contributed by atoms with E-state index >= 15 is 0 Å². The van der Waals surface area contributed by atoms with Crippen LogP contribution in [0.5, 0.6) is 0 Å². The molecule has 17 heavy (non-hydrogen) atoms. The molecule has 0 aromatic heterocycles. The molecule has 0 radical (unpaired) electrons. The molecule has 0 aliphatic carbocycles. The van der Waals surface area contributed by atoms with Crippen molar-refractivity contribution >= 4 is 0 Å². The maximum Gasteiger partial charge on any atom is 0.0829 e. The van der Waals surface area contributed by atoms with E-state index in [0.717, 1.165) is 38.8 Å². The Bertz CT molecular complexity index is 187. The fraction of sp³-hybridized carbons (Fsp3) is 0.867. The zero-order valence-electron chi connectivity index (χ0n) is 12.2. The molecule has 0 fully saturated rings. The number of hydrogen-bond donors (Lipinski definition) is 1. The summed E-state index contributed by atoms with van der Waals surface area (Å²) in [5.74, 6) is 0. The smallest absolute Gasteiger partial charge is 0.0829 e. The third-order valence-corrected chi connectivity index (χ3v) is 3.56. The van der Waals surface area contributed by atoms with Crippen LogP contribution in [0.15, 0.2) is 12.7 Å². The molecule has 0 aromatic rings. The number of allylic oxidation sites excluding steroid dienone is 1. The van der Waals surface area contributed by atoms with Gasteiger partial charge in [0.1, 0.15) is 0 Å². The number of rotatable bonds is 11. The zero-order chi connectivity index (χ0) is 13.1. The Balaban J connectivity index is 4.69. The van der Waals surface area contributed by atoms with Crippen molar-refractivity contribution in [2.45, 2.75) is 71.4 Å². The molecular formula is C15H31NO. The first-order chi connectivity index (χ1) is 8.20. The van der Waals surface area contributed by atoms with E-state index in [0.29, 0.717) is 6.04 Å². The molecule has 0 amide bonds. The molecule has 2 heteroatoms. The molecule has 0 spiro atoms. The van der Waals surface area contributed by atoms with Crippen LogP contribution < -0.4 is 5.32 Å². The highest BCUT2D eigenvalue weighted by atomic mass is 16.5. The topological polar surface area (TPSA) is 21.3 Å². The van der Waals surface area contributed by atoms with Crippen LogP contribution in [0.25, 0.3) is 0 Å². The van der Waals surface area contributed by atoms with Gasteiger partial charge in [0.05, 0.1) is 5.60 Å². The molecule has 0 aromatic carbocycles. The van der Waals surface area contributed by atoms with Gasteiger partial charge in [0, 0.05) is 12.6 Å². The van der Waals surface area contributed by atoms with Gasteiger partial charge in [0.2, 0.25) is 0 Å². The summed E-state index contributed by atoms with van der Waals surface area (Å²) in [6, 6.07) is 0.440. The Kier molecular flexibility index (Phi) is 9.47. The zero-order valence-corrected chi connectivity index (χ0v) is 12.2. The van der Waals surface area contributed by atoms with Gasteiger partial charge < -0.3 is 10.1 Å². The van der Waals surface area contributed by atoms with Crippen LogP contribution in [-0.2, 0) is 4.74 Å². The maximum atomic E-state index is 6.09. The summed E-state index contributed by atoms with van der Waals surface area (Å²) in [6.45, 7) is 14.4. The minimum absolute atomic E-state index is 0.00701. The van der Waals surface area contributed by atoms with Crippen LogP contribution >= 0.6 is 0 Å². The maximum absolute atomic E-state index is 6.09. The first-order valence-electron chi connectivity index (χ1n) is 7.18. The fourth-order valence-corrected chi connectivity index (χ4v) is 2.49. The lowest BCUT2D eigenvalue weighted by atomic mass is 9.85. The second-order valence-electron chi connectivity index (χ2n) is 4.58. The van der Waals surface area contributed by atoms with E-state index in [9.17, 15) is 0 Å². The average molecular weight is 241 g/mol. The molecule has 1 unspecified atom stereocenters. The van der Waals surface area contributed by atoms with Crippen molar-refractivity contribution in [2.75, 3.05) is 13.2 Å². The lowest BCUT2D eigenvalue weighted by Crippen LogP contribution is -2.52. The van der Waals surface area contributed by atoms with Crippen molar-refractivity contribution in [1.82, 2.24) is 5.32 Å². The van der Waals surface area contributed by atoms with Gasteiger partial charge in [0.15, 0.2) is 0 Å². The first kappa shape index (κ1) is 16.7. The monoisotopic (exact) mass is 241 g/mol. The van der Waals surface area contributed by atoms with Crippen LogP contribution in [-0.4, -0.2) is 24.8 Å². The summed E-state index contributed by atoms with van der Waals surface area (Å²) in [7, 11) is 0. The first-order valence-corrected chi connectivity index (χ1v) is 7.18. The lowest BCUT2D eigenvalue weighted by Gasteiger charge is -2.40. The molecule has 1 N–H and O–H groups in total. The van der Waals surface area contributed by atoms with E-state index in [1.54, 1.807) is 0 Å². The van der Waals surface area contributed by atoms with Crippen LogP contribution in [0.4, 0.5) is 0 Å². The third kappa shape index (κ3) is 5.22. The third-order valence-electron chi connectivity index (χ3n) is 3.56. The lowest BCUT2D eigenvalue weighted by molar-refractivity contribution is -0.0734. The highest BCUT2D eigenvalue weighted by molar-refractivity contribution is 4.92. The van der Waals surface area contributed by atoms with Gasteiger partial charge in [-0.05, 0) is 45.6 Å². The van der Waals surface area contributed by atoms with Crippen molar-refractivity contribution in [3.8, 4) is 0 Å². The van der Waals surface area contributed by atoms with Crippen LogP contribution in [0.2, 0.25) is 0 Å². The Morgan fingerprint density at radius 1 is 1.24 bits per heavy atom. The standard InChI is InChI=1S/C15H31NO/c1-6-11-12-14(16-13-7-2)15(8-3,9-4)17-10-5/h6,14,16H,1,7-13H2,2-5H3. The van der Waals surface area contributed by atoms with Gasteiger partial charge >= 0.3 is 0 Å². The van der Waals surface area contributed by atoms with Crippen molar-refractivity contribution in [1.29, 1.82) is 0 Å².